The van der Waals surface area contributed by atoms with Gasteiger partial charge in [-0.2, -0.15) is 0 Å². The van der Waals surface area contributed by atoms with E-state index in [9.17, 15) is 4.79 Å². The number of benzene rings is 2. The lowest BCUT2D eigenvalue weighted by molar-refractivity contribution is -0.136. The van der Waals surface area contributed by atoms with Crippen molar-refractivity contribution >= 4 is 22.7 Å². The third-order valence-electron chi connectivity index (χ3n) is 4.19. The number of hydrogen-bond donors (Lipinski definition) is 2. The van der Waals surface area contributed by atoms with Crippen LogP contribution in [0.3, 0.4) is 0 Å². The van der Waals surface area contributed by atoms with Crippen LogP contribution in [0.15, 0.2) is 48.5 Å². The molecule has 0 saturated carbocycles. The van der Waals surface area contributed by atoms with Gasteiger partial charge in [0.05, 0.1) is 17.6 Å². The molecule has 1 heterocycles. The van der Waals surface area contributed by atoms with Crippen molar-refractivity contribution < 1.29 is 9.90 Å². The Kier molecular flexibility index (Phi) is 5.33. The number of nitrogens with zero attached hydrogens (tertiary/aromatic N) is 2. The van der Waals surface area contributed by atoms with E-state index in [0.717, 1.165) is 41.1 Å². The van der Waals surface area contributed by atoms with Gasteiger partial charge in [0.25, 0.3) is 0 Å². The summed E-state index contributed by atoms with van der Waals surface area (Å²) in [7, 11) is 0. The number of aromatic nitrogens is 2. The first kappa shape index (κ1) is 17.0. The van der Waals surface area contributed by atoms with Crippen LogP contribution in [0.25, 0.3) is 11.0 Å². The number of hydrogen-bond acceptors (Lipinski definition) is 3. The fourth-order valence-corrected chi connectivity index (χ4v) is 3.00. The molecule has 25 heavy (non-hydrogen) atoms. The summed E-state index contributed by atoms with van der Waals surface area (Å²) in [5.74, 6) is 0.241. The Hall–Kier alpha value is -2.82. The number of nitrogens with one attached hydrogen (secondary N) is 1. The number of carboxylic acid groups (broad SMARTS) is 1. The molecule has 2 N–H and O–H groups in total. The summed E-state index contributed by atoms with van der Waals surface area (Å²) in [5.41, 5.74) is 4.19. The van der Waals surface area contributed by atoms with Gasteiger partial charge in [0, 0.05) is 18.7 Å². The fraction of sp³-hybridized carbons (Fsp3) is 0.300. The highest BCUT2D eigenvalue weighted by Gasteiger charge is 2.09. The van der Waals surface area contributed by atoms with Gasteiger partial charge in [-0.15, -0.1) is 0 Å². The van der Waals surface area contributed by atoms with Gasteiger partial charge in [-0.05, 0) is 42.7 Å². The van der Waals surface area contributed by atoms with Gasteiger partial charge in [0.1, 0.15) is 5.82 Å². The van der Waals surface area contributed by atoms with Crippen molar-refractivity contribution in [3.63, 3.8) is 0 Å². The van der Waals surface area contributed by atoms with Crippen LogP contribution in [0, 0.1) is 0 Å². The SMILES string of the molecule is CCCn1c(CNc2cccc(CCC(=O)O)c2)nc2ccccc21. The molecule has 0 aliphatic rings. The van der Waals surface area contributed by atoms with Crippen LogP contribution in [-0.2, 0) is 24.3 Å². The molecule has 3 aromatic rings. The topological polar surface area (TPSA) is 67.2 Å². The third-order valence-corrected chi connectivity index (χ3v) is 4.19. The predicted octanol–water partition coefficient (Wildman–Crippen LogP) is 4.08. The summed E-state index contributed by atoms with van der Waals surface area (Å²) in [6.45, 7) is 3.74. The predicted molar refractivity (Wildman–Crippen MR) is 99.7 cm³/mol. The molecule has 0 unspecified atom stereocenters. The van der Waals surface area contributed by atoms with E-state index in [1.807, 2.05) is 42.5 Å². The van der Waals surface area contributed by atoms with E-state index in [2.05, 4.69) is 22.9 Å². The maximum absolute atomic E-state index is 10.7. The second-order valence-electron chi connectivity index (χ2n) is 6.12. The van der Waals surface area contributed by atoms with Crippen LogP contribution in [0.5, 0.6) is 0 Å². The van der Waals surface area contributed by atoms with Gasteiger partial charge in [0.2, 0.25) is 0 Å². The standard InChI is InChI=1S/C20H23N3O2/c1-2-12-23-18-9-4-3-8-17(18)22-19(23)14-21-16-7-5-6-15(13-16)10-11-20(24)25/h3-9,13,21H,2,10-12,14H2,1H3,(H,24,25). The van der Waals surface area contributed by atoms with E-state index in [0.29, 0.717) is 13.0 Å². The van der Waals surface area contributed by atoms with Crippen LogP contribution in [0.4, 0.5) is 5.69 Å². The van der Waals surface area contributed by atoms with Crippen LogP contribution in [0.1, 0.15) is 31.2 Å². The molecule has 5 nitrogen and oxygen atoms in total. The van der Waals surface area contributed by atoms with Crippen molar-refractivity contribution in [2.75, 3.05) is 5.32 Å². The van der Waals surface area contributed by atoms with Gasteiger partial charge in [0.15, 0.2) is 0 Å². The number of carboxylic acids is 1. The molecule has 3 rings (SSSR count). The maximum Gasteiger partial charge on any atom is 0.303 e. The highest BCUT2D eigenvalue weighted by Crippen LogP contribution is 2.18. The molecule has 0 radical (unpaired) electrons. The van der Waals surface area contributed by atoms with E-state index in [4.69, 9.17) is 10.1 Å². The molecule has 0 amide bonds. The van der Waals surface area contributed by atoms with Crippen LogP contribution < -0.4 is 5.32 Å². The van der Waals surface area contributed by atoms with Crippen molar-refractivity contribution in [1.82, 2.24) is 9.55 Å². The number of aryl methyl sites for hydroxylation is 2. The average Bonchev–Trinajstić information content (AvgIpc) is 2.97. The zero-order valence-electron chi connectivity index (χ0n) is 14.4. The zero-order chi connectivity index (χ0) is 17.6. The van der Waals surface area contributed by atoms with E-state index in [1.54, 1.807) is 0 Å². The largest absolute Gasteiger partial charge is 0.481 e. The number of anilines is 1. The van der Waals surface area contributed by atoms with Gasteiger partial charge in [-0.25, -0.2) is 4.98 Å². The summed E-state index contributed by atoms with van der Waals surface area (Å²) in [4.78, 5) is 15.5. The van der Waals surface area contributed by atoms with Crippen LogP contribution in [0.2, 0.25) is 0 Å². The highest BCUT2D eigenvalue weighted by atomic mass is 16.4. The quantitative estimate of drug-likeness (QED) is 0.650. The summed E-state index contributed by atoms with van der Waals surface area (Å²) >= 11 is 0. The molecule has 0 aliphatic heterocycles. The zero-order valence-corrected chi connectivity index (χ0v) is 14.4. The van der Waals surface area contributed by atoms with Crippen molar-refractivity contribution in [3.8, 4) is 0 Å². The van der Waals surface area contributed by atoms with Crippen LogP contribution >= 0.6 is 0 Å². The molecule has 1 aromatic heterocycles. The van der Waals surface area contributed by atoms with Crippen molar-refractivity contribution in [2.24, 2.45) is 0 Å². The Labute approximate surface area is 147 Å². The molecule has 0 spiro atoms. The maximum atomic E-state index is 10.7. The molecule has 0 aliphatic carbocycles. The molecule has 5 heteroatoms. The first-order valence-corrected chi connectivity index (χ1v) is 8.66. The number of fused-ring (bicyclic) bond motifs is 1. The molecule has 0 fully saturated rings. The third kappa shape index (κ3) is 4.18. The molecular weight excluding hydrogens is 314 g/mol. The Morgan fingerprint density at radius 3 is 2.84 bits per heavy atom. The number of carbonyl (C=O) groups is 1. The number of aliphatic carboxylic acids is 1. The molecule has 0 atom stereocenters. The summed E-state index contributed by atoms with van der Waals surface area (Å²) < 4.78 is 2.26. The number of para-hydroxylation sites is 2. The lowest BCUT2D eigenvalue weighted by Crippen LogP contribution is -2.09. The molecule has 0 saturated heterocycles. The lowest BCUT2D eigenvalue weighted by atomic mass is 10.1. The minimum absolute atomic E-state index is 0.149. The average molecular weight is 337 g/mol. The molecule has 130 valence electrons. The number of rotatable bonds is 8. The van der Waals surface area contributed by atoms with Gasteiger partial charge in [-0.3, -0.25) is 4.79 Å². The Morgan fingerprint density at radius 1 is 1.20 bits per heavy atom. The van der Waals surface area contributed by atoms with Crippen molar-refractivity contribution in [2.45, 2.75) is 39.3 Å². The van der Waals surface area contributed by atoms with E-state index in [1.165, 1.54) is 0 Å². The molecular formula is C20H23N3O2. The smallest absolute Gasteiger partial charge is 0.303 e. The lowest BCUT2D eigenvalue weighted by Gasteiger charge is -2.10. The highest BCUT2D eigenvalue weighted by molar-refractivity contribution is 5.76. The fourth-order valence-electron chi connectivity index (χ4n) is 3.00. The first-order valence-electron chi connectivity index (χ1n) is 8.66. The van der Waals surface area contributed by atoms with Gasteiger partial charge in [-0.1, -0.05) is 31.2 Å². The second kappa shape index (κ2) is 7.83. The van der Waals surface area contributed by atoms with Crippen molar-refractivity contribution in [1.29, 1.82) is 0 Å². The Bertz CT molecular complexity index is 870. The summed E-state index contributed by atoms with van der Waals surface area (Å²) in [5, 5.41) is 12.2. The minimum Gasteiger partial charge on any atom is -0.481 e. The molecule has 0 bridgehead atoms. The Balaban J connectivity index is 1.75. The minimum atomic E-state index is -0.772. The second-order valence-corrected chi connectivity index (χ2v) is 6.12. The van der Waals surface area contributed by atoms with Crippen LogP contribution in [-0.4, -0.2) is 20.6 Å². The van der Waals surface area contributed by atoms with E-state index in [-0.39, 0.29) is 6.42 Å². The monoisotopic (exact) mass is 337 g/mol. The summed E-state index contributed by atoms with van der Waals surface area (Å²) in [6, 6.07) is 16.1. The summed E-state index contributed by atoms with van der Waals surface area (Å²) in [6.07, 6.45) is 1.74. The van der Waals surface area contributed by atoms with Crippen molar-refractivity contribution in [3.05, 3.63) is 59.9 Å². The van der Waals surface area contributed by atoms with E-state index < -0.39 is 5.97 Å². The number of imidazole rings is 1. The van der Waals surface area contributed by atoms with E-state index >= 15 is 0 Å². The normalized spacial score (nSPS) is 10.9. The molecule has 2 aromatic carbocycles. The van der Waals surface area contributed by atoms with Gasteiger partial charge < -0.3 is 15.0 Å². The van der Waals surface area contributed by atoms with Gasteiger partial charge >= 0.3 is 5.97 Å². The Morgan fingerprint density at radius 2 is 2.04 bits per heavy atom. The first-order chi connectivity index (χ1) is 12.2.